The monoisotopic (exact) mass is 769 g/mol. The molecule has 0 bridgehead atoms. The molecule has 0 unspecified atom stereocenters. The van der Waals surface area contributed by atoms with Crippen LogP contribution in [0.5, 0.6) is 0 Å². The fourth-order valence-corrected chi connectivity index (χ4v) is 9.23. The lowest BCUT2D eigenvalue weighted by atomic mass is 9.48. The molecule has 0 aliphatic carbocycles. The molecule has 0 radical (unpaired) electrons. The fraction of sp³-hybridized carbons (Fsp3) is 1.00. The van der Waals surface area contributed by atoms with E-state index in [2.05, 4.69) is 48.5 Å². The van der Waals surface area contributed by atoms with Gasteiger partial charge < -0.3 is 15.3 Å². The molecule has 0 saturated carbocycles. The molecule has 0 aliphatic heterocycles. The van der Waals surface area contributed by atoms with Gasteiger partial charge in [0.05, 0.1) is 5.60 Å². The molecule has 0 rings (SSSR count). The molecule has 0 spiro atoms. The van der Waals surface area contributed by atoms with E-state index in [1.807, 2.05) is 0 Å². The lowest BCUT2D eigenvalue weighted by molar-refractivity contribution is -0.203. The highest BCUT2D eigenvalue weighted by atomic mass is 16.3. The van der Waals surface area contributed by atoms with E-state index in [-0.39, 0.29) is 23.0 Å². The molecule has 3 nitrogen and oxygen atoms in total. The number of unbranched alkanes of at least 4 members (excludes halogenated alkanes) is 21. The first-order chi connectivity index (χ1) is 25.9. The summed E-state index contributed by atoms with van der Waals surface area (Å²) in [6.45, 7) is 23.4. The van der Waals surface area contributed by atoms with Crippen LogP contribution in [0.1, 0.15) is 301 Å². The van der Waals surface area contributed by atoms with E-state index in [4.69, 9.17) is 10.2 Å². The van der Waals surface area contributed by atoms with Gasteiger partial charge in [0, 0.05) is 12.2 Å². The average Bonchev–Trinajstić information content (AvgIpc) is 3.13. The molecule has 54 heavy (non-hydrogen) atoms. The summed E-state index contributed by atoms with van der Waals surface area (Å²) in [4.78, 5) is 0. The Kier molecular flexibility index (Phi) is 44.2. The first-order valence-corrected chi connectivity index (χ1v) is 25.0. The first kappa shape index (κ1) is 58.2. The van der Waals surface area contributed by atoms with Crippen LogP contribution >= 0.6 is 0 Å². The Balaban J connectivity index is -0.00000293. The zero-order valence-corrected chi connectivity index (χ0v) is 39.7. The van der Waals surface area contributed by atoms with Gasteiger partial charge in [-0.05, 0) is 83.5 Å². The normalized spacial score (nSPS) is 12.2. The van der Waals surface area contributed by atoms with Gasteiger partial charge in [0.2, 0.25) is 0 Å². The fourth-order valence-electron chi connectivity index (χ4n) is 9.23. The number of aliphatic hydroxyl groups excluding tert-OH is 2. The smallest absolute Gasteiger partial charge is 0.0759 e. The van der Waals surface area contributed by atoms with Crippen molar-refractivity contribution in [3.8, 4) is 0 Å². The molecular formula is C51H108O3. The lowest BCUT2D eigenvalue weighted by Crippen LogP contribution is -2.60. The van der Waals surface area contributed by atoms with Gasteiger partial charge in [0.1, 0.15) is 0 Å². The van der Waals surface area contributed by atoms with E-state index in [0.29, 0.717) is 0 Å². The third-order valence-electron chi connectivity index (χ3n) is 12.2. The van der Waals surface area contributed by atoms with E-state index in [9.17, 15) is 5.11 Å². The van der Waals surface area contributed by atoms with Gasteiger partial charge in [-0.3, -0.25) is 0 Å². The molecule has 0 amide bonds. The predicted molar refractivity (Wildman–Crippen MR) is 246 cm³/mol. The average molecular weight is 769 g/mol. The minimum absolute atomic E-state index is 0.0781. The number of aliphatic hydroxyl groups is 3. The van der Waals surface area contributed by atoms with Gasteiger partial charge in [-0.15, -0.1) is 0 Å². The van der Waals surface area contributed by atoms with Crippen LogP contribution in [0.25, 0.3) is 0 Å². The molecule has 3 heteroatoms. The molecule has 0 atom stereocenters. The lowest BCUT2D eigenvalue weighted by Gasteiger charge is -2.60. The van der Waals surface area contributed by atoms with E-state index in [0.717, 1.165) is 6.42 Å². The minimum Gasteiger partial charge on any atom is -0.394 e. The Morgan fingerprint density at radius 1 is 0.278 bits per heavy atom. The number of hydrogen-bond donors (Lipinski definition) is 3. The van der Waals surface area contributed by atoms with Crippen molar-refractivity contribution in [1.29, 1.82) is 0 Å². The van der Waals surface area contributed by atoms with Crippen LogP contribution < -0.4 is 0 Å². The zero-order valence-electron chi connectivity index (χ0n) is 39.7. The van der Waals surface area contributed by atoms with Crippen molar-refractivity contribution in [2.45, 2.75) is 319 Å². The molecule has 0 saturated heterocycles. The Labute approximate surface area is 343 Å². The van der Waals surface area contributed by atoms with Gasteiger partial charge in [-0.25, -0.2) is 0 Å². The van der Waals surface area contributed by atoms with Crippen LogP contribution in [0.3, 0.4) is 0 Å². The second kappa shape index (κ2) is 41.1. The van der Waals surface area contributed by atoms with Crippen LogP contribution in [0.4, 0.5) is 0 Å². The van der Waals surface area contributed by atoms with Crippen molar-refractivity contribution in [3.05, 3.63) is 0 Å². The molecule has 0 aromatic carbocycles. The summed E-state index contributed by atoms with van der Waals surface area (Å²) < 4.78 is 0. The van der Waals surface area contributed by atoms with Gasteiger partial charge in [0.25, 0.3) is 0 Å². The molecule has 0 heterocycles. The molecule has 330 valence electrons. The van der Waals surface area contributed by atoms with Crippen LogP contribution in [-0.2, 0) is 0 Å². The standard InChI is InChI=1S/C45H92O.2C3H8O/c1-8-15-22-29-36-43(37-30-23-16-9-2,38-31-24-17-10-3)45(46,42-35-28-21-14-7)44(39-32-25-18-11-4,40-33-26-19-12-5)41-34-27-20-13-6;2*1-3(2)4/h46H,8-42H2,1-7H3;2*3-4H,1-2H3. The van der Waals surface area contributed by atoms with Crippen LogP contribution in [0.2, 0.25) is 0 Å². The third kappa shape index (κ3) is 30.0. The van der Waals surface area contributed by atoms with Crippen LogP contribution in [0.15, 0.2) is 0 Å². The van der Waals surface area contributed by atoms with Crippen molar-refractivity contribution >= 4 is 0 Å². The molecular weight excluding hydrogens is 661 g/mol. The van der Waals surface area contributed by atoms with E-state index < -0.39 is 5.60 Å². The van der Waals surface area contributed by atoms with Gasteiger partial charge in [0.15, 0.2) is 0 Å². The molecule has 0 aliphatic rings. The number of hydrogen-bond acceptors (Lipinski definition) is 3. The van der Waals surface area contributed by atoms with Crippen molar-refractivity contribution < 1.29 is 15.3 Å². The van der Waals surface area contributed by atoms with Crippen LogP contribution in [-0.4, -0.2) is 33.1 Å². The molecule has 0 fully saturated rings. The zero-order chi connectivity index (χ0) is 41.4. The van der Waals surface area contributed by atoms with Crippen molar-refractivity contribution in [3.63, 3.8) is 0 Å². The van der Waals surface area contributed by atoms with E-state index in [1.54, 1.807) is 27.7 Å². The highest BCUT2D eigenvalue weighted by Gasteiger charge is 2.59. The quantitative estimate of drug-likeness (QED) is 0.0552. The Morgan fingerprint density at radius 2 is 0.426 bits per heavy atom. The number of rotatable bonds is 37. The molecule has 0 aromatic rings. The van der Waals surface area contributed by atoms with Crippen LogP contribution in [0, 0.1) is 10.8 Å². The predicted octanol–water partition coefficient (Wildman–Crippen LogP) is 17.3. The summed E-state index contributed by atoms with van der Waals surface area (Å²) in [5.41, 5.74) is -0.382. The highest BCUT2D eigenvalue weighted by Crippen LogP contribution is 2.61. The first-order valence-electron chi connectivity index (χ1n) is 25.0. The van der Waals surface area contributed by atoms with Gasteiger partial charge in [-0.2, -0.15) is 0 Å². The van der Waals surface area contributed by atoms with Crippen molar-refractivity contribution in [2.24, 2.45) is 10.8 Å². The third-order valence-corrected chi connectivity index (χ3v) is 12.2. The summed E-state index contributed by atoms with van der Waals surface area (Å²) in [6.07, 6.45) is 45.5. The van der Waals surface area contributed by atoms with E-state index in [1.165, 1.54) is 218 Å². The summed E-state index contributed by atoms with van der Waals surface area (Å²) in [5, 5.41) is 30.4. The Morgan fingerprint density at radius 3 is 0.574 bits per heavy atom. The summed E-state index contributed by atoms with van der Waals surface area (Å²) in [6, 6.07) is 0. The second-order valence-electron chi connectivity index (χ2n) is 18.3. The van der Waals surface area contributed by atoms with Gasteiger partial charge in [-0.1, -0.05) is 228 Å². The maximum Gasteiger partial charge on any atom is 0.0759 e. The second-order valence-corrected chi connectivity index (χ2v) is 18.3. The Bertz CT molecular complexity index is 583. The molecule has 0 aromatic heterocycles. The molecule has 3 N–H and O–H groups in total. The van der Waals surface area contributed by atoms with Gasteiger partial charge >= 0.3 is 0 Å². The Hall–Kier alpha value is -0.120. The maximum atomic E-state index is 14.3. The van der Waals surface area contributed by atoms with E-state index >= 15 is 0 Å². The maximum absolute atomic E-state index is 14.3. The summed E-state index contributed by atoms with van der Waals surface area (Å²) in [7, 11) is 0. The SMILES string of the molecule is CC(C)O.CC(C)O.CCCCCCC(CCCCCC)(CCCCCC)C(O)(CCCCCC)C(CCCCCC)(CCCCCC)CCCCCC. The summed E-state index contributed by atoms with van der Waals surface area (Å²) >= 11 is 0. The minimum atomic E-state index is -0.539. The summed E-state index contributed by atoms with van der Waals surface area (Å²) in [5.74, 6) is 0. The van der Waals surface area contributed by atoms with Crippen molar-refractivity contribution in [2.75, 3.05) is 0 Å². The highest BCUT2D eigenvalue weighted by molar-refractivity contribution is 5.09. The topological polar surface area (TPSA) is 60.7 Å². The van der Waals surface area contributed by atoms with Crippen molar-refractivity contribution in [1.82, 2.24) is 0 Å². The largest absolute Gasteiger partial charge is 0.394 e.